The number of nitrogens with zero attached hydrogens (tertiary/aromatic N) is 1. The van der Waals surface area contributed by atoms with Crippen LogP contribution in [-0.2, 0) is 9.53 Å². The molecule has 2 atom stereocenters. The fraction of sp³-hybridized carbons (Fsp3) is 0.474. The highest BCUT2D eigenvalue weighted by molar-refractivity contribution is 6.01. The molecule has 1 saturated heterocycles. The molecule has 0 aromatic heterocycles. The molecule has 3 aliphatic rings. The van der Waals surface area contributed by atoms with Gasteiger partial charge in [-0.1, -0.05) is 6.07 Å². The van der Waals surface area contributed by atoms with Crippen LogP contribution in [0.25, 0.3) is 0 Å². The van der Waals surface area contributed by atoms with Crippen molar-refractivity contribution in [2.24, 2.45) is 0 Å². The summed E-state index contributed by atoms with van der Waals surface area (Å²) in [6.45, 7) is 1.68. The Labute approximate surface area is 157 Å². The first-order valence-electron chi connectivity index (χ1n) is 9.04. The molecule has 4 rings (SSSR count). The fourth-order valence-corrected chi connectivity index (χ4v) is 3.89. The zero-order valence-electron chi connectivity index (χ0n) is 15.4. The van der Waals surface area contributed by atoms with Crippen molar-refractivity contribution in [1.82, 2.24) is 15.5 Å². The summed E-state index contributed by atoms with van der Waals surface area (Å²) in [6, 6.07) is 4.54. The van der Waals surface area contributed by atoms with Crippen LogP contribution in [0.4, 0.5) is 4.79 Å². The van der Waals surface area contributed by atoms with Gasteiger partial charge in [0.2, 0.25) is 0 Å². The predicted molar refractivity (Wildman–Crippen MR) is 96.5 cm³/mol. The SMILES string of the molecule is COc1ccc([C@H]2NC(=O)NC3=C2C(=O)N(C[C@@H]2CCCO2)C3)cc1OC. The first-order valence-corrected chi connectivity index (χ1v) is 9.04. The average Bonchev–Trinajstić information content (AvgIpc) is 3.29. The highest BCUT2D eigenvalue weighted by Crippen LogP contribution is 2.36. The molecule has 1 aromatic carbocycles. The molecule has 3 heterocycles. The van der Waals surface area contributed by atoms with Crippen molar-refractivity contribution in [3.63, 3.8) is 0 Å². The summed E-state index contributed by atoms with van der Waals surface area (Å²) >= 11 is 0. The van der Waals surface area contributed by atoms with Crippen molar-refractivity contribution in [3.8, 4) is 11.5 Å². The molecule has 8 nitrogen and oxygen atoms in total. The molecule has 0 radical (unpaired) electrons. The Bertz CT molecular complexity index is 801. The Balaban J connectivity index is 1.62. The smallest absolute Gasteiger partial charge is 0.319 e. The van der Waals surface area contributed by atoms with Crippen LogP contribution in [-0.4, -0.2) is 56.9 Å². The van der Waals surface area contributed by atoms with Gasteiger partial charge in [-0.2, -0.15) is 0 Å². The number of rotatable bonds is 5. The number of benzene rings is 1. The molecule has 144 valence electrons. The van der Waals surface area contributed by atoms with E-state index in [1.807, 2.05) is 6.07 Å². The van der Waals surface area contributed by atoms with Crippen molar-refractivity contribution in [2.75, 3.05) is 33.9 Å². The molecule has 27 heavy (non-hydrogen) atoms. The summed E-state index contributed by atoms with van der Waals surface area (Å²) in [4.78, 5) is 27.0. The maximum absolute atomic E-state index is 13.1. The van der Waals surface area contributed by atoms with Gasteiger partial charge in [0.1, 0.15) is 0 Å². The van der Waals surface area contributed by atoms with Gasteiger partial charge in [0.15, 0.2) is 11.5 Å². The number of urea groups is 1. The summed E-state index contributed by atoms with van der Waals surface area (Å²) in [7, 11) is 3.12. The van der Waals surface area contributed by atoms with Gasteiger partial charge in [0, 0.05) is 13.2 Å². The van der Waals surface area contributed by atoms with Crippen molar-refractivity contribution in [1.29, 1.82) is 0 Å². The molecule has 0 bridgehead atoms. The number of ether oxygens (including phenoxy) is 3. The van der Waals surface area contributed by atoms with E-state index in [9.17, 15) is 9.59 Å². The van der Waals surface area contributed by atoms with Crippen LogP contribution in [0.1, 0.15) is 24.4 Å². The van der Waals surface area contributed by atoms with E-state index in [1.165, 1.54) is 0 Å². The Morgan fingerprint density at radius 2 is 2.04 bits per heavy atom. The second kappa shape index (κ2) is 7.11. The number of methoxy groups -OCH3 is 2. The third-order valence-corrected chi connectivity index (χ3v) is 5.21. The highest BCUT2D eigenvalue weighted by atomic mass is 16.5. The summed E-state index contributed by atoms with van der Waals surface area (Å²) < 4.78 is 16.3. The van der Waals surface area contributed by atoms with E-state index < -0.39 is 6.04 Å². The van der Waals surface area contributed by atoms with Crippen molar-refractivity contribution in [2.45, 2.75) is 25.0 Å². The summed E-state index contributed by atoms with van der Waals surface area (Å²) in [5, 5.41) is 5.64. The minimum absolute atomic E-state index is 0.0681. The molecule has 3 amide bonds. The van der Waals surface area contributed by atoms with Crippen LogP contribution in [0.2, 0.25) is 0 Å². The van der Waals surface area contributed by atoms with Gasteiger partial charge in [0.05, 0.1) is 44.2 Å². The predicted octanol–water partition coefficient (Wildman–Crippen LogP) is 1.33. The third kappa shape index (κ3) is 3.21. The van der Waals surface area contributed by atoms with Gasteiger partial charge in [-0.25, -0.2) is 4.79 Å². The van der Waals surface area contributed by atoms with Crippen LogP contribution in [0, 0.1) is 0 Å². The van der Waals surface area contributed by atoms with Gasteiger partial charge in [-0.3, -0.25) is 4.79 Å². The molecule has 8 heteroatoms. The zero-order chi connectivity index (χ0) is 19.0. The maximum atomic E-state index is 13.1. The number of amides is 3. The minimum Gasteiger partial charge on any atom is -0.493 e. The van der Waals surface area contributed by atoms with Crippen molar-refractivity contribution < 1.29 is 23.8 Å². The van der Waals surface area contributed by atoms with Gasteiger partial charge < -0.3 is 29.7 Å². The average molecular weight is 373 g/mol. The number of hydrogen-bond donors (Lipinski definition) is 2. The largest absolute Gasteiger partial charge is 0.493 e. The third-order valence-electron chi connectivity index (χ3n) is 5.21. The standard InChI is InChI=1S/C19H23N3O5/c1-25-14-6-5-11(8-15(14)26-2)17-16-13(20-19(24)21-17)10-22(18(16)23)9-12-4-3-7-27-12/h5-6,8,12,17H,3-4,7,9-10H2,1-2H3,(H2,20,21,24)/t12-,17+/m0/s1. The summed E-state index contributed by atoms with van der Waals surface area (Å²) in [5.74, 6) is 1.06. The lowest BCUT2D eigenvalue weighted by molar-refractivity contribution is -0.127. The van der Waals surface area contributed by atoms with Crippen LogP contribution < -0.4 is 20.1 Å². The summed E-state index contributed by atoms with van der Waals surface area (Å²) in [5.41, 5.74) is 1.99. The van der Waals surface area contributed by atoms with E-state index in [4.69, 9.17) is 14.2 Å². The van der Waals surface area contributed by atoms with Gasteiger partial charge in [-0.15, -0.1) is 0 Å². The Morgan fingerprint density at radius 1 is 1.22 bits per heavy atom. The lowest BCUT2D eigenvalue weighted by atomic mass is 9.96. The van der Waals surface area contributed by atoms with E-state index in [0.29, 0.717) is 35.9 Å². The zero-order valence-corrected chi connectivity index (χ0v) is 15.4. The Kier molecular flexibility index (Phi) is 4.65. The van der Waals surface area contributed by atoms with E-state index in [0.717, 1.165) is 25.0 Å². The van der Waals surface area contributed by atoms with Crippen molar-refractivity contribution in [3.05, 3.63) is 35.0 Å². The lowest BCUT2D eigenvalue weighted by Gasteiger charge is -2.26. The van der Waals surface area contributed by atoms with E-state index >= 15 is 0 Å². The minimum atomic E-state index is -0.532. The first-order chi connectivity index (χ1) is 13.1. The van der Waals surface area contributed by atoms with E-state index in [1.54, 1.807) is 31.3 Å². The van der Waals surface area contributed by atoms with Crippen LogP contribution in [0.5, 0.6) is 11.5 Å². The Morgan fingerprint density at radius 3 is 2.74 bits per heavy atom. The van der Waals surface area contributed by atoms with E-state index in [2.05, 4.69) is 10.6 Å². The van der Waals surface area contributed by atoms with E-state index in [-0.39, 0.29) is 18.0 Å². The molecule has 3 aliphatic heterocycles. The molecule has 0 unspecified atom stereocenters. The Hall–Kier alpha value is -2.74. The number of carbonyl (C=O) groups excluding carboxylic acids is 2. The number of carbonyl (C=O) groups is 2. The molecule has 0 saturated carbocycles. The number of nitrogens with one attached hydrogen (secondary N) is 2. The topological polar surface area (TPSA) is 89.1 Å². The van der Waals surface area contributed by atoms with Crippen LogP contribution in [0.3, 0.4) is 0 Å². The molecule has 0 aliphatic carbocycles. The molecule has 1 aromatic rings. The van der Waals surface area contributed by atoms with Crippen LogP contribution >= 0.6 is 0 Å². The second-order valence-electron chi connectivity index (χ2n) is 6.86. The summed E-state index contributed by atoms with van der Waals surface area (Å²) in [6.07, 6.45) is 2.04. The second-order valence-corrected chi connectivity index (χ2v) is 6.86. The van der Waals surface area contributed by atoms with Crippen molar-refractivity contribution >= 4 is 11.9 Å². The quantitative estimate of drug-likeness (QED) is 0.813. The van der Waals surface area contributed by atoms with Gasteiger partial charge in [-0.05, 0) is 30.5 Å². The molecular formula is C19H23N3O5. The van der Waals surface area contributed by atoms with Gasteiger partial charge >= 0.3 is 6.03 Å². The molecule has 1 fully saturated rings. The molecule has 0 spiro atoms. The molecular weight excluding hydrogens is 350 g/mol. The fourth-order valence-electron chi connectivity index (χ4n) is 3.89. The van der Waals surface area contributed by atoms with Gasteiger partial charge in [0.25, 0.3) is 5.91 Å². The molecule has 2 N–H and O–H groups in total. The lowest BCUT2D eigenvalue weighted by Crippen LogP contribution is -2.44. The van der Waals surface area contributed by atoms with Crippen LogP contribution in [0.15, 0.2) is 29.5 Å². The highest BCUT2D eigenvalue weighted by Gasteiger charge is 2.41. The maximum Gasteiger partial charge on any atom is 0.319 e. The monoisotopic (exact) mass is 373 g/mol. The number of hydrogen-bond acceptors (Lipinski definition) is 5. The normalized spacial score (nSPS) is 24.6. The first kappa shape index (κ1) is 17.7.